The van der Waals surface area contributed by atoms with E-state index in [1.165, 1.54) is 24.0 Å². The molecule has 1 aliphatic carbocycles. The second-order valence-electron chi connectivity index (χ2n) is 2.98. The van der Waals surface area contributed by atoms with Gasteiger partial charge in [-0.05, 0) is 42.7 Å². The van der Waals surface area contributed by atoms with Crippen molar-refractivity contribution in [3.8, 4) is 0 Å². The highest BCUT2D eigenvalue weighted by Crippen LogP contribution is 2.30. The Morgan fingerprint density at radius 3 is 3.09 bits per heavy atom. The lowest BCUT2D eigenvalue weighted by Gasteiger charge is -1.92. The molecule has 0 fully saturated rings. The van der Waals surface area contributed by atoms with E-state index in [-0.39, 0.29) is 5.78 Å². The monoisotopic (exact) mass is 166 g/mol. The quantitative estimate of drug-likeness (QED) is 0.586. The van der Waals surface area contributed by atoms with Crippen LogP contribution in [0.15, 0.2) is 5.38 Å². The maximum Gasteiger partial charge on any atom is 0.169 e. The zero-order chi connectivity index (χ0) is 7.84. The third-order valence-electron chi connectivity index (χ3n) is 2.17. The third-order valence-corrected chi connectivity index (χ3v) is 3.35. The number of thiophene rings is 1. The van der Waals surface area contributed by atoms with E-state index in [1.807, 2.05) is 0 Å². The van der Waals surface area contributed by atoms with E-state index in [9.17, 15) is 4.79 Å². The van der Waals surface area contributed by atoms with Gasteiger partial charge >= 0.3 is 0 Å². The summed E-state index contributed by atoms with van der Waals surface area (Å²) in [5, 5.41) is 2.14. The summed E-state index contributed by atoms with van der Waals surface area (Å²) in [6.45, 7) is 1.66. The van der Waals surface area contributed by atoms with Gasteiger partial charge in [-0.15, -0.1) is 11.3 Å². The Labute approximate surface area is 70.1 Å². The minimum Gasteiger partial charge on any atom is -0.294 e. The Morgan fingerprint density at radius 1 is 1.55 bits per heavy atom. The highest BCUT2D eigenvalue weighted by atomic mass is 32.1. The first-order valence-electron chi connectivity index (χ1n) is 3.89. The first kappa shape index (κ1) is 7.04. The summed E-state index contributed by atoms with van der Waals surface area (Å²) < 4.78 is 0. The summed E-state index contributed by atoms with van der Waals surface area (Å²) in [5.74, 6) is 0.234. The van der Waals surface area contributed by atoms with Crippen molar-refractivity contribution >= 4 is 17.1 Å². The van der Waals surface area contributed by atoms with Gasteiger partial charge in [-0.1, -0.05) is 0 Å². The molecule has 11 heavy (non-hydrogen) atoms. The molecule has 2 rings (SSSR count). The lowest BCUT2D eigenvalue weighted by molar-refractivity contribution is 0.102. The van der Waals surface area contributed by atoms with E-state index >= 15 is 0 Å². The number of hydrogen-bond acceptors (Lipinski definition) is 2. The van der Waals surface area contributed by atoms with Gasteiger partial charge in [0.15, 0.2) is 5.78 Å². The van der Waals surface area contributed by atoms with Crippen LogP contribution < -0.4 is 0 Å². The van der Waals surface area contributed by atoms with Crippen molar-refractivity contribution in [1.82, 2.24) is 0 Å². The predicted molar refractivity (Wildman–Crippen MR) is 46.3 cm³/mol. The molecular formula is C9H10OS. The summed E-state index contributed by atoms with van der Waals surface area (Å²) in [6, 6.07) is 0. The smallest absolute Gasteiger partial charge is 0.169 e. The first-order valence-corrected chi connectivity index (χ1v) is 4.77. The Balaban J connectivity index is 2.50. The molecular weight excluding hydrogens is 156 g/mol. The standard InChI is InChI=1S/C9H10OS/c1-6(10)9-8-4-2-3-7(8)5-11-9/h5H,2-4H2,1H3. The van der Waals surface area contributed by atoms with Crippen LogP contribution in [-0.4, -0.2) is 5.78 Å². The van der Waals surface area contributed by atoms with Crippen molar-refractivity contribution in [1.29, 1.82) is 0 Å². The molecule has 1 aromatic heterocycles. The fourth-order valence-electron chi connectivity index (χ4n) is 1.65. The van der Waals surface area contributed by atoms with Gasteiger partial charge in [-0.3, -0.25) is 4.79 Å². The lowest BCUT2D eigenvalue weighted by atomic mass is 10.1. The summed E-state index contributed by atoms with van der Waals surface area (Å²) in [7, 11) is 0. The van der Waals surface area contributed by atoms with Gasteiger partial charge in [-0.2, -0.15) is 0 Å². The molecule has 58 valence electrons. The van der Waals surface area contributed by atoms with Crippen LogP contribution in [0.3, 0.4) is 0 Å². The van der Waals surface area contributed by atoms with Gasteiger partial charge in [0.05, 0.1) is 4.88 Å². The molecule has 0 saturated heterocycles. The van der Waals surface area contributed by atoms with E-state index in [1.54, 1.807) is 18.3 Å². The number of carbonyl (C=O) groups is 1. The molecule has 0 bridgehead atoms. The van der Waals surface area contributed by atoms with Gasteiger partial charge in [0, 0.05) is 0 Å². The van der Waals surface area contributed by atoms with Crippen LogP contribution in [0.5, 0.6) is 0 Å². The molecule has 0 aromatic carbocycles. The van der Waals surface area contributed by atoms with Crippen molar-refractivity contribution in [3.63, 3.8) is 0 Å². The largest absolute Gasteiger partial charge is 0.294 e. The Bertz CT molecular complexity index is 299. The Morgan fingerprint density at radius 2 is 2.36 bits per heavy atom. The lowest BCUT2D eigenvalue weighted by Crippen LogP contribution is -1.91. The summed E-state index contributed by atoms with van der Waals surface area (Å²) in [4.78, 5) is 12.1. The van der Waals surface area contributed by atoms with E-state index in [0.29, 0.717) is 0 Å². The average Bonchev–Trinajstić information content (AvgIpc) is 2.41. The SMILES string of the molecule is CC(=O)c1scc2c1CCC2. The van der Waals surface area contributed by atoms with Crippen LogP contribution in [-0.2, 0) is 12.8 Å². The number of hydrogen-bond donors (Lipinski definition) is 0. The minimum atomic E-state index is 0.234. The Kier molecular flexibility index (Phi) is 1.57. The van der Waals surface area contributed by atoms with E-state index in [0.717, 1.165) is 11.3 Å². The van der Waals surface area contributed by atoms with Crippen LogP contribution in [0.25, 0.3) is 0 Å². The molecule has 0 aliphatic heterocycles. The fraction of sp³-hybridized carbons (Fsp3) is 0.444. The number of fused-ring (bicyclic) bond motifs is 1. The molecule has 1 heterocycles. The molecule has 0 spiro atoms. The number of aryl methyl sites for hydroxylation is 1. The molecule has 1 aliphatic rings. The number of carbonyl (C=O) groups excluding carboxylic acids is 1. The molecule has 0 N–H and O–H groups in total. The highest BCUT2D eigenvalue weighted by Gasteiger charge is 2.18. The topological polar surface area (TPSA) is 17.1 Å². The number of ketones is 1. The molecule has 0 amide bonds. The maximum atomic E-state index is 11.1. The van der Waals surface area contributed by atoms with Crippen molar-refractivity contribution in [3.05, 3.63) is 21.4 Å². The fourth-order valence-corrected chi connectivity index (χ4v) is 2.71. The van der Waals surface area contributed by atoms with Crippen molar-refractivity contribution in [2.45, 2.75) is 26.2 Å². The number of rotatable bonds is 1. The normalized spacial score (nSPS) is 15.0. The summed E-state index contributed by atoms with van der Waals surface area (Å²) >= 11 is 1.61. The second-order valence-corrected chi connectivity index (χ2v) is 3.86. The summed E-state index contributed by atoms with van der Waals surface area (Å²) in [5.41, 5.74) is 2.75. The van der Waals surface area contributed by atoms with Crippen molar-refractivity contribution in [2.75, 3.05) is 0 Å². The van der Waals surface area contributed by atoms with Crippen LogP contribution in [0, 0.1) is 0 Å². The molecule has 1 nitrogen and oxygen atoms in total. The van der Waals surface area contributed by atoms with Gasteiger partial charge in [0.1, 0.15) is 0 Å². The minimum absolute atomic E-state index is 0.234. The van der Waals surface area contributed by atoms with Crippen LogP contribution in [0.4, 0.5) is 0 Å². The summed E-state index contributed by atoms with van der Waals surface area (Å²) in [6.07, 6.45) is 3.53. The zero-order valence-corrected chi connectivity index (χ0v) is 7.33. The van der Waals surface area contributed by atoms with Crippen molar-refractivity contribution in [2.24, 2.45) is 0 Å². The van der Waals surface area contributed by atoms with Crippen LogP contribution in [0.2, 0.25) is 0 Å². The molecule has 0 saturated carbocycles. The maximum absolute atomic E-state index is 11.1. The molecule has 0 radical (unpaired) electrons. The second kappa shape index (κ2) is 2.45. The van der Waals surface area contributed by atoms with Crippen LogP contribution >= 0.6 is 11.3 Å². The van der Waals surface area contributed by atoms with E-state index < -0.39 is 0 Å². The van der Waals surface area contributed by atoms with E-state index in [2.05, 4.69) is 5.38 Å². The van der Waals surface area contributed by atoms with Crippen LogP contribution in [0.1, 0.15) is 34.1 Å². The molecule has 0 atom stereocenters. The van der Waals surface area contributed by atoms with Gasteiger partial charge in [0.2, 0.25) is 0 Å². The van der Waals surface area contributed by atoms with Gasteiger partial charge in [0.25, 0.3) is 0 Å². The average molecular weight is 166 g/mol. The van der Waals surface area contributed by atoms with E-state index in [4.69, 9.17) is 0 Å². The predicted octanol–water partition coefficient (Wildman–Crippen LogP) is 2.44. The molecule has 0 unspecified atom stereocenters. The zero-order valence-electron chi connectivity index (χ0n) is 6.52. The van der Waals surface area contributed by atoms with Gasteiger partial charge < -0.3 is 0 Å². The third kappa shape index (κ3) is 1.02. The van der Waals surface area contributed by atoms with Crippen molar-refractivity contribution < 1.29 is 4.79 Å². The number of Topliss-reactive ketones (excluding diaryl/α,β-unsaturated/α-hetero) is 1. The molecule has 1 aromatic rings. The van der Waals surface area contributed by atoms with Gasteiger partial charge in [-0.25, -0.2) is 0 Å². The highest BCUT2D eigenvalue weighted by molar-refractivity contribution is 7.12. The first-order chi connectivity index (χ1) is 5.29. The molecule has 2 heteroatoms. The Hall–Kier alpha value is -0.630.